The lowest BCUT2D eigenvalue weighted by Crippen LogP contribution is -2.59. The van der Waals surface area contributed by atoms with Crippen molar-refractivity contribution in [3.63, 3.8) is 0 Å². The van der Waals surface area contributed by atoms with E-state index in [1.807, 2.05) is 33.9 Å². The summed E-state index contributed by atoms with van der Waals surface area (Å²) in [4.78, 5) is 27.6. The van der Waals surface area contributed by atoms with Crippen LogP contribution in [0, 0.1) is 0 Å². The SMILES string of the molecule is CN(C(=O)O)C1=N[C@@H]2[C@@H](F)[C@H](O[Si](C)(C)C(C)(C)C)[C@@H](C=O)O[C@@H]2S1. The highest BCUT2D eigenvalue weighted by molar-refractivity contribution is 8.14. The molecule has 25 heavy (non-hydrogen) atoms. The number of aliphatic imine (C=N–C) groups is 1. The molecule has 0 saturated carbocycles. The standard InChI is InChI=1S/C15H25FN2O5SSi/c1-15(2,3)25(5,6)23-11-8(7-19)22-12-10(9(11)16)17-13(24-12)18(4)14(20)21/h7-12H,1-6H3,(H,20,21)/t8-,9-,10-,11-,12-/m1/s1. The van der Waals surface area contributed by atoms with Crippen LogP contribution in [0.25, 0.3) is 0 Å². The van der Waals surface area contributed by atoms with E-state index in [1.54, 1.807) is 0 Å². The van der Waals surface area contributed by atoms with Gasteiger partial charge in [0.2, 0.25) is 0 Å². The van der Waals surface area contributed by atoms with E-state index in [9.17, 15) is 9.59 Å². The third-order valence-corrected chi connectivity index (χ3v) is 10.6. The van der Waals surface area contributed by atoms with Crippen molar-refractivity contribution in [2.24, 2.45) is 4.99 Å². The number of carboxylic acid groups (broad SMARTS) is 1. The molecule has 1 N–H and O–H groups in total. The number of hydrogen-bond donors (Lipinski definition) is 1. The molecule has 0 aliphatic carbocycles. The van der Waals surface area contributed by atoms with Crippen LogP contribution in [-0.2, 0) is 14.0 Å². The maximum absolute atomic E-state index is 15.2. The van der Waals surface area contributed by atoms with Crippen LogP contribution in [0.3, 0.4) is 0 Å². The molecule has 1 saturated heterocycles. The Kier molecular flexibility index (Phi) is 5.67. The lowest BCUT2D eigenvalue weighted by Gasteiger charge is -2.44. The molecular weight excluding hydrogens is 367 g/mol. The van der Waals surface area contributed by atoms with Gasteiger partial charge in [0.15, 0.2) is 25.9 Å². The molecule has 5 atom stereocenters. The third kappa shape index (κ3) is 3.91. The third-order valence-electron chi connectivity index (χ3n) is 4.96. The number of nitrogens with zero attached hydrogens (tertiary/aromatic N) is 2. The number of aldehydes is 1. The van der Waals surface area contributed by atoms with Gasteiger partial charge in [-0.1, -0.05) is 32.5 Å². The Morgan fingerprint density at radius 2 is 2.08 bits per heavy atom. The van der Waals surface area contributed by atoms with Crippen LogP contribution >= 0.6 is 11.8 Å². The first-order valence-electron chi connectivity index (χ1n) is 8.03. The van der Waals surface area contributed by atoms with E-state index < -0.39 is 44.3 Å². The van der Waals surface area contributed by atoms with Crippen LogP contribution in [0.1, 0.15) is 20.8 Å². The first-order valence-corrected chi connectivity index (χ1v) is 11.8. The molecular formula is C15H25FN2O5SSi. The zero-order chi connectivity index (χ0) is 19.2. The summed E-state index contributed by atoms with van der Waals surface area (Å²) < 4.78 is 27.0. The number of fused-ring (bicyclic) bond motifs is 1. The molecule has 10 heteroatoms. The highest BCUT2D eigenvalue weighted by Gasteiger charge is 2.53. The van der Waals surface area contributed by atoms with E-state index >= 15 is 4.39 Å². The topological polar surface area (TPSA) is 88.4 Å². The normalized spacial score (nSPS) is 32.8. The van der Waals surface area contributed by atoms with Gasteiger partial charge in [-0.3, -0.25) is 9.89 Å². The molecule has 0 aromatic rings. The molecule has 1 fully saturated rings. The summed E-state index contributed by atoms with van der Waals surface area (Å²) in [7, 11) is -0.999. The monoisotopic (exact) mass is 392 g/mol. The number of carbonyl (C=O) groups is 2. The summed E-state index contributed by atoms with van der Waals surface area (Å²) in [5, 5.41) is 9.06. The maximum Gasteiger partial charge on any atom is 0.413 e. The Hall–Kier alpha value is -0.973. The summed E-state index contributed by atoms with van der Waals surface area (Å²) in [6.45, 7) is 10.0. The second-order valence-electron chi connectivity index (χ2n) is 7.75. The van der Waals surface area contributed by atoms with Gasteiger partial charge in [0.25, 0.3) is 0 Å². The average molecular weight is 393 g/mol. The van der Waals surface area contributed by atoms with Crippen molar-refractivity contribution in [2.45, 2.75) is 68.8 Å². The predicted molar refractivity (Wildman–Crippen MR) is 96.3 cm³/mol. The predicted octanol–water partition coefficient (Wildman–Crippen LogP) is 2.72. The van der Waals surface area contributed by atoms with Crippen LogP contribution in [0.2, 0.25) is 18.1 Å². The summed E-state index contributed by atoms with van der Waals surface area (Å²) in [5.74, 6) is 0. The lowest BCUT2D eigenvalue weighted by atomic mass is 10.0. The van der Waals surface area contributed by atoms with Crippen LogP contribution in [-0.4, -0.2) is 72.8 Å². The molecule has 0 radical (unpaired) electrons. The molecule has 0 bridgehead atoms. The Morgan fingerprint density at radius 3 is 2.56 bits per heavy atom. The number of halogens is 1. The number of ether oxygens (including phenoxy) is 1. The summed E-state index contributed by atoms with van der Waals surface area (Å²) in [6, 6.07) is -0.896. The largest absolute Gasteiger partial charge is 0.465 e. The Labute approximate surface area is 152 Å². The second-order valence-corrected chi connectivity index (χ2v) is 13.6. The van der Waals surface area contributed by atoms with Crippen molar-refractivity contribution in [3.05, 3.63) is 0 Å². The molecule has 2 aliphatic rings. The number of amides is 1. The molecule has 0 spiro atoms. The highest BCUT2D eigenvalue weighted by atomic mass is 32.2. The molecule has 7 nitrogen and oxygen atoms in total. The lowest BCUT2D eigenvalue weighted by molar-refractivity contribution is -0.146. The van der Waals surface area contributed by atoms with Gasteiger partial charge in [-0.15, -0.1) is 0 Å². The number of thioether (sulfide) groups is 1. The first kappa shape index (κ1) is 20.3. The smallest absolute Gasteiger partial charge is 0.413 e. The molecule has 2 aliphatic heterocycles. The fraction of sp³-hybridized carbons (Fsp3) is 0.800. The van der Waals surface area contributed by atoms with E-state index in [1.165, 1.54) is 7.05 Å². The Morgan fingerprint density at radius 1 is 1.48 bits per heavy atom. The number of carbonyl (C=O) groups excluding carboxylic acids is 1. The van der Waals surface area contributed by atoms with Crippen molar-refractivity contribution in [3.8, 4) is 0 Å². The highest BCUT2D eigenvalue weighted by Crippen LogP contribution is 2.43. The minimum absolute atomic E-state index is 0.153. The fourth-order valence-corrected chi connectivity index (χ4v) is 4.79. The number of hydrogen-bond acceptors (Lipinski definition) is 6. The quantitative estimate of drug-likeness (QED) is 0.587. The van der Waals surface area contributed by atoms with Crippen molar-refractivity contribution in [1.82, 2.24) is 4.90 Å². The van der Waals surface area contributed by atoms with E-state index in [-0.39, 0.29) is 10.2 Å². The molecule has 1 amide bonds. The van der Waals surface area contributed by atoms with E-state index in [4.69, 9.17) is 14.3 Å². The summed E-state index contributed by atoms with van der Waals surface area (Å²) in [6.07, 6.45) is -4.27. The van der Waals surface area contributed by atoms with Crippen molar-refractivity contribution < 1.29 is 28.2 Å². The van der Waals surface area contributed by atoms with Crippen molar-refractivity contribution >= 4 is 37.6 Å². The van der Waals surface area contributed by atoms with E-state index in [0.29, 0.717) is 6.29 Å². The van der Waals surface area contributed by atoms with Gasteiger partial charge in [0, 0.05) is 7.05 Å². The molecule has 0 aromatic heterocycles. The summed E-state index contributed by atoms with van der Waals surface area (Å²) >= 11 is 1.01. The molecule has 2 rings (SSSR count). The van der Waals surface area contributed by atoms with Crippen LogP contribution in [0.4, 0.5) is 9.18 Å². The van der Waals surface area contributed by atoms with Gasteiger partial charge in [-0.2, -0.15) is 0 Å². The average Bonchev–Trinajstić information content (AvgIpc) is 2.91. The minimum Gasteiger partial charge on any atom is -0.465 e. The summed E-state index contributed by atoms with van der Waals surface area (Å²) in [5.41, 5.74) is -0.735. The van der Waals surface area contributed by atoms with Crippen LogP contribution in [0.5, 0.6) is 0 Å². The van der Waals surface area contributed by atoms with Crippen molar-refractivity contribution in [2.75, 3.05) is 7.05 Å². The molecule has 0 unspecified atom stereocenters. The van der Waals surface area contributed by atoms with Crippen LogP contribution in [0.15, 0.2) is 4.99 Å². The number of rotatable bonds is 3. The van der Waals surface area contributed by atoms with Crippen LogP contribution < -0.4 is 0 Å². The molecule has 0 aromatic carbocycles. The van der Waals surface area contributed by atoms with Gasteiger partial charge < -0.3 is 19.1 Å². The fourth-order valence-electron chi connectivity index (χ4n) is 2.34. The minimum atomic E-state index is -2.33. The van der Waals surface area contributed by atoms with E-state index in [0.717, 1.165) is 16.7 Å². The Bertz CT molecular complexity index is 583. The van der Waals surface area contributed by atoms with Gasteiger partial charge in [0.05, 0.1) is 0 Å². The van der Waals surface area contributed by atoms with Crippen molar-refractivity contribution in [1.29, 1.82) is 0 Å². The molecule has 2 heterocycles. The molecule has 142 valence electrons. The number of alkyl halides is 1. The zero-order valence-electron chi connectivity index (χ0n) is 15.2. The number of amidine groups is 1. The van der Waals surface area contributed by atoms with E-state index in [2.05, 4.69) is 4.99 Å². The van der Waals surface area contributed by atoms with Gasteiger partial charge in [-0.25, -0.2) is 9.18 Å². The Balaban J connectivity index is 2.25. The van der Waals surface area contributed by atoms with Gasteiger partial charge in [0.1, 0.15) is 23.7 Å². The maximum atomic E-state index is 15.2. The van der Waals surface area contributed by atoms with Gasteiger partial charge in [-0.05, 0) is 18.1 Å². The first-order chi connectivity index (χ1) is 11.4. The second kappa shape index (κ2) is 6.97. The zero-order valence-corrected chi connectivity index (χ0v) is 17.0. The van der Waals surface area contributed by atoms with Gasteiger partial charge >= 0.3 is 6.09 Å².